The van der Waals surface area contributed by atoms with Gasteiger partial charge in [-0.1, -0.05) is 24.3 Å². The highest BCUT2D eigenvalue weighted by atomic mass is 32.1. The monoisotopic (exact) mass is 407 g/mol. The molecule has 0 saturated carbocycles. The van der Waals surface area contributed by atoms with Gasteiger partial charge >= 0.3 is 0 Å². The molecular weight excluding hydrogens is 386 g/mol. The average Bonchev–Trinajstić information content (AvgIpc) is 3.46. The number of thiophene rings is 1. The van der Waals surface area contributed by atoms with E-state index in [2.05, 4.69) is 15.5 Å². The number of benzene rings is 1. The highest BCUT2D eigenvalue weighted by Crippen LogP contribution is 2.33. The number of fused-ring (bicyclic) bond motifs is 2. The van der Waals surface area contributed by atoms with Gasteiger partial charge in [-0.05, 0) is 35.4 Å². The van der Waals surface area contributed by atoms with Crippen molar-refractivity contribution in [3.05, 3.63) is 64.4 Å². The second-order valence-electron chi connectivity index (χ2n) is 7.65. The predicted octanol–water partition coefficient (Wildman–Crippen LogP) is 2.47. The smallest absolute Gasteiger partial charge is 0.293 e. The van der Waals surface area contributed by atoms with E-state index in [1.54, 1.807) is 11.3 Å². The first-order valence-electron chi connectivity index (χ1n) is 9.76. The van der Waals surface area contributed by atoms with Crippen LogP contribution in [0.25, 0.3) is 0 Å². The number of aromatic nitrogens is 3. The first-order chi connectivity index (χ1) is 14.2. The van der Waals surface area contributed by atoms with Crippen LogP contribution in [0.3, 0.4) is 0 Å². The number of anilines is 1. The summed E-state index contributed by atoms with van der Waals surface area (Å²) in [6, 6.07) is 13.3. The quantitative estimate of drug-likeness (QED) is 0.721. The molecule has 4 heterocycles. The minimum Gasteiger partial charge on any atom is -0.342 e. The van der Waals surface area contributed by atoms with E-state index >= 15 is 0 Å². The zero-order valence-corrected chi connectivity index (χ0v) is 16.6. The molecule has 2 atom stereocenters. The summed E-state index contributed by atoms with van der Waals surface area (Å²) in [5.41, 5.74) is 0.731. The summed E-state index contributed by atoms with van der Waals surface area (Å²) >= 11 is 1.62. The van der Waals surface area contributed by atoms with Crippen LogP contribution in [0, 0.1) is 11.8 Å². The summed E-state index contributed by atoms with van der Waals surface area (Å²) < 4.78 is 1.92. The van der Waals surface area contributed by atoms with Crippen LogP contribution in [-0.2, 0) is 24.2 Å². The minimum absolute atomic E-state index is 0.180. The Hall–Kier alpha value is -3.00. The van der Waals surface area contributed by atoms with Gasteiger partial charge < -0.3 is 14.8 Å². The lowest BCUT2D eigenvalue weighted by Gasteiger charge is -2.25. The van der Waals surface area contributed by atoms with E-state index in [4.69, 9.17) is 0 Å². The van der Waals surface area contributed by atoms with Gasteiger partial charge in [-0.2, -0.15) is 0 Å². The molecular formula is C21H21N5O2S. The third kappa shape index (κ3) is 3.55. The Kier molecular flexibility index (Phi) is 4.63. The van der Waals surface area contributed by atoms with Gasteiger partial charge in [0.2, 0.25) is 11.7 Å². The van der Waals surface area contributed by atoms with Gasteiger partial charge in [0.1, 0.15) is 5.82 Å². The van der Waals surface area contributed by atoms with Crippen molar-refractivity contribution < 1.29 is 9.59 Å². The molecule has 0 aliphatic carbocycles. The Bertz CT molecular complexity index is 1030. The van der Waals surface area contributed by atoms with Crippen LogP contribution >= 0.6 is 11.3 Å². The summed E-state index contributed by atoms with van der Waals surface area (Å²) in [7, 11) is 0. The SMILES string of the molecule is O=C(Nc1ccccc1)c1nnc2n1C[C@@H]1CN(C(=O)Cc3cccs3)C[C@@H]1C2. The number of nitrogens with one attached hydrogen (secondary N) is 1. The van der Waals surface area contributed by atoms with Crippen molar-refractivity contribution in [2.75, 3.05) is 18.4 Å². The van der Waals surface area contributed by atoms with Crippen LogP contribution < -0.4 is 5.32 Å². The van der Waals surface area contributed by atoms with E-state index in [-0.39, 0.29) is 11.8 Å². The fourth-order valence-electron chi connectivity index (χ4n) is 4.28. The van der Waals surface area contributed by atoms with Crippen molar-refractivity contribution in [1.29, 1.82) is 0 Å². The molecule has 1 N–H and O–H groups in total. The van der Waals surface area contributed by atoms with E-state index in [0.717, 1.165) is 35.9 Å². The number of likely N-dealkylation sites (tertiary alicyclic amines) is 1. The second-order valence-corrected chi connectivity index (χ2v) is 8.68. The molecule has 2 aliphatic rings. The fourth-order valence-corrected chi connectivity index (χ4v) is 4.97. The van der Waals surface area contributed by atoms with Gasteiger partial charge in [0.15, 0.2) is 0 Å². The Balaban J connectivity index is 1.27. The van der Waals surface area contributed by atoms with Gasteiger partial charge in [-0.25, -0.2) is 0 Å². The van der Waals surface area contributed by atoms with E-state index in [9.17, 15) is 9.59 Å². The number of hydrogen-bond acceptors (Lipinski definition) is 5. The number of carbonyl (C=O) groups is 2. The fraction of sp³-hybridized carbons (Fsp3) is 0.333. The molecule has 1 saturated heterocycles. The first-order valence-corrected chi connectivity index (χ1v) is 10.6. The molecule has 7 nitrogen and oxygen atoms in total. The van der Waals surface area contributed by atoms with E-state index in [0.29, 0.717) is 30.6 Å². The molecule has 2 amide bonds. The molecule has 0 bridgehead atoms. The molecule has 5 rings (SSSR count). The largest absolute Gasteiger partial charge is 0.342 e. The minimum atomic E-state index is -0.253. The maximum absolute atomic E-state index is 12.7. The lowest BCUT2D eigenvalue weighted by atomic mass is 9.89. The zero-order valence-electron chi connectivity index (χ0n) is 15.8. The lowest BCUT2D eigenvalue weighted by Crippen LogP contribution is -2.31. The third-order valence-corrected chi connectivity index (χ3v) is 6.64. The highest BCUT2D eigenvalue weighted by Gasteiger charge is 2.40. The maximum Gasteiger partial charge on any atom is 0.293 e. The number of nitrogens with zero attached hydrogens (tertiary/aromatic N) is 4. The Morgan fingerprint density at radius 1 is 1.03 bits per heavy atom. The average molecular weight is 407 g/mol. The number of amides is 2. The molecule has 1 fully saturated rings. The molecule has 29 heavy (non-hydrogen) atoms. The van der Waals surface area contributed by atoms with Crippen molar-refractivity contribution in [3.63, 3.8) is 0 Å². The number of rotatable bonds is 4. The number of hydrogen-bond donors (Lipinski definition) is 1. The Labute approximate surface area is 172 Å². The molecule has 0 spiro atoms. The number of carbonyl (C=O) groups excluding carboxylic acids is 2. The topological polar surface area (TPSA) is 80.1 Å². The van der Waals surface area contributed by atoms with E-state index < -0.39 is 0 Å². The van der Waals surface area contributed by atoms with Crippen LogP contribution in [-0.4, -0.2) is 44.6 Å². The molecule has 0 radical (unpaired) electrons. The van der Waals surface area contributed by atoms with Crippen LogP contribution in [0.1, 0.15) is 21.3 Å². The third-order valence-electron chi connectivity index (χ3n) is 5.76. The molecule has 2 aromatic heterocycles. The zero-order chi connectivity index (χ0) is 19.8. The lowest BCUT2D eigenvalue weighted by molar-refractivity contribution is -0.129. The van der Waals surface area contributed by atoms with Crippen LogP contribution in [0.5, 0.6) is 0 Å². The molecule has 8 heteroatoms. The highest BCUT2D eigenvalue weighted by molar-refractivity contribution is 7.10. The first kappa shape index (κ1) is 18.1. The summed E-state index contributed by atoms with van der Waals surface area (Å²) in [5.74, 6) is 1.80. The van der Waals surface area contributed by atoms with Crippen LogP contribution in [0.15, 0.2) is 47.8 Å². The van der Waals surface area contributed by atoms with Gasteiger partial charge in [0.05, 0.1) is 6.42 Å². The van der Waals surface area contributed by atoms with Gasteiger partial charge in [0, 0.05) is 36.6 Å². The van der Waals surface area contributed by atoms with Crippen molar-refractivity contribution in [3.8, 4) is 0 Å². The van der Waals surface area contributed by atoms with Crippen LogP contribution in [0.2, 0.25) is 0 Å². The summed E-state index contributed by atoms with van der Waals surface area (Å²) in [4.78, 5) is 28.4. The van der Waals surface area contributed by atoms with Crippen molar-refractivity contribution in [2.45, 2.75) is 19.4 Å². The van der Waals surface area contributed by atoms with Gasteiger partial charge in [0.25, 0.3) is 5.91 Å². The normalized spacial score (nSPS) is 20.2. The molecule has 148 valence electrons. The Morgan fingerprint density at radius 3 is 2.66 bits per heavy atom. The predicted molar refractivity (Wildman–Crippen MR) is 110 cm³/mol. The van der Waals surface area contributed by atoms with Gasteiger partial charge in [-0.15, -0.1) is 21.5 Å². The maximum atomic E-state index is 12.7. The summed E-state index contributed by atoms with van der Waals surface area (Å²) in [6.07, 6.45) is 1.22. The molecule has 0 unspecified atom stereocenters. The second kappa shape index (κ2) is 7.44. The molecule has 2 aliphatic heterocycles. The Morgan fingerprint density at radius 2 is 1.86 bits per heavy atom. The molecule has 1 aromatic carbocycles. The van der Waals surface area contributed by atoms with Crippen molar-refractivity contribution in [1.82, 2.24) is 19.7 Å². The standard InChI is InChI=1S/C21H21N5O2S/c27-19(10-17-7-4-8-29-17)25-11-14-9-18-23-24-20(26(18)13-15(14)12-25)21(28)22-16-5-2-1-3-6-16/h1-8,14-15H,9-13H2,(H,22,28)/t14-,15-/m0/s1. The van der Waals surface area contributed by atoms with E-state index in [1.165, 1.54) is 0 Å². The van der Waals surface area contributed by atoms with E-state index in [1.807, 2.05) is 57.3 Å². The summed E-state index contributed by atoms with van der Waals surface area (Å²) in [6.45, 7) is 2.16. The van der Waals surface area contributed by atoms with Crippen LogP contribution in [0.4, 0.5) is 5.69 Å². The molecule has 3 aromatic rings. The number of para-hydroxylation sites is 1. The summed E-state index contributed by atoms with van der Waals surface area (Å²) in [5, 5.41) is 13.3. The van der Waals surface area contributed by atoms with Gasteiger partial charge in [-0.3, -0.25) is 9.59 Å². The van der Waals surface area contributed by atoms with Crippen molar-refractivity contribution >= 4 is 28.8 Å². The van der Waals surface area contributed by atoms with Crippen molar-refractivity contribution in [2.24, 2.45) is 11.8 Å².